The van der Waals surface area contributed by atoms with Crippen molar-refractivity contribution >= 4 is 32.2 Å². The number of aliphatic hydroxyl groups is 1. The molecule has 4 heterocycles. The molecule has 1 aliphatic rings. The van der Waals surface area contributed by atoms with Crippen LogP contribution in [0.1, 0.15) is 29.9 Å². The second kappa shape index (κ2) is 10.8. The Kier molecular flexibility index (Phi) is 6.88. The molecule has 0 spiro atoms. The van der Waals surface area contributed by atoms with Gasteiger partial charge in [-0.1, -0.05) is 48.0 Å². The Morgan fingerprint density at radius 2 is 1.72 bits per heavy atom. The van der Waals surface area contributed by atoms with Gasteiger partial charge in [0.05, 0.1) is 11.0 Å². The van der Waals surface area contributed by atoms with Crippen LogP contribution in [0.25, 0.3) is 44.4 Å². The predicted molar refractivity (Wildman–Crippen MR) is 167 cm³/mol. The number of pyridine rings is 1. The normalized spacial score (nSPS) is 16.3. The third-order valence-electron chi connectivity index (χ3n) is 8.17. The third-order valence-corrected chi connectivity index (χ3v) is 9.83. The molecule has 3 aromatic heterocycles. The van der Waals surface area contributed by atoms with E-state index in [0.29, 0.717) is 29.2 Å². The molecule has 6 aromatic rings. The van der Waals surface area contributed by atoms with Gasteiger partial charge in [-0.2, -0.15) is 0 Å². The van der Waals surface area contributed by atoms with Crippen molar-refractivity contribution in [3.05, 3.63) is 102 Å². The van der Waals surface area contributed by atoms with E-state index in [-0.39, 0.29) is 11.0 Å². The first-order chi connectivity index (χ1) is 20.7. The van der Waals surface area contributed by atoms with E-state index in [1.165, 1.54) is 9.54 Å². The molecule has 0 saturated carbocycles. The summed E-state index contributed by atoms with van der Waals surface area (Å²) < 4.78 is 34.7. The molecular weight excluding hydrogens is 560 g/mol. The van der Waals surface area contributed by atoms with Gasteiger partial charge in [0.1, 0.15) is 5.52 Å². The molecule has 1 aliphatic heterocycles. The van der Waals surface area contributed by atoms with Crippen molar-refractivity contribution in [2.75, 3.05) is 13.1 Å². The van der Waals surface area contributed by atoms with Crippen molar-refractivity contribution in [2.45, 2.75) is 44.2 Å². The highest BCUT2D eigenvalue weighted by atomic mass is 32.2. The average Bonchev–Trinajstić information content (AvgIpc) is 3.57. The predicted octanol–water partition coefficient (Wildman–Crippen LogP) is 6.32. The van der Waals surface area contributed by atoms with Gasteiger partial charge in [0.25, 0.3) is 10.0 Å². The lowest BCUT2D eigenvalue weighted by atomic mass is 10.0. The Morgan fingerprint density at radius 3 is 2.49 bits per heavy atom. The number of benzene rings is 3. The molecule has 1 fully saturated rings. The fourth-order valence-electron chi connectivity index (χ4n) is 5.92. The van der Waals surface area contributed by atoms with E-state index in [1.807, 2.05) is 31.2 Å². The average molecular weight is 593 g/mol. The van der Waals surface area contributed by atoms with Crippen molar-refractivity contribution in [1.82, 2.24) is 18.8 Å². The van der Waals surface area contributed by atoms with Crippen LogP contribution in [-0.2, 0) is 16.6 Å². The van der Waals surface area contributed by atoms with Crippen LogP contribution in [0, 0.1) is 13.8 Å². The summed E-state index contributed by atoms with van der Waals surface area (Å²) in [5.74, 6) is 0.570. The van der Waals surface area contributed by atoms with Crippen LogP contribution in [0.15, 0.2) is 94.5 Å². The maximum absolute atomic E-state index is 13.9. The van der Waals surface area contributed by atoms with Crippen molar-refractivity contribution in [2.24, 2.45) is 0 Å². The topological polar surface area (TPSA) is 101 Å². The van der Waals surface area contributed by atoms with Crippen molar-refractivity contribution < 1.29 is 17.9 Å². The largest absolute Gasteiger partial charge is 0.441 e. The number of likely N-dealkylation sites (tertiary alicyclic amines) is 1. The molecule has 1 unspecified atom stereocenters. The highest BCUT2D eigenvalue weighted by molar-refractivity contribution is 7.90. The van der Waals surface area contributed by atoms with Crippen LogP contribution < -0.4 is 0 Å². The molecule has 7 rings (SSSR count). The zero-order chi connectivity index (χ0) is 29.7. The number of hydrogen-bond donors (Lipinski definition) is 1. The van der Waals surface area contributed by atoms with Crippen LogP contribution in [-0.4, -0.2) is 51.6 Å². The third kappa shape index (κ3) is 5.24. The molecule has 1 atom stereocenters. The summed E-state index contributed by atoms with van der Waals surface area (Å²) in [6, 6.07) is 22.9. The fourth-order valence-corrected chi connectivity index (χ4v) is 7.24. The molecule has 3 aromatic carbocycles. The molecule has 0 bridgehead atoms. The van der Waals surface area contributed by atoms with Gasteiger partial charge >= 0.3 is 0 Å². The van der Waals surface area contributed by atoms with E-state index in [1.54, 1.807) is 43.6 Å². The molecule has 0 aliphatic carbocycles. The van der Waals surface area contributed by atoms with E-state index in [0.717, 1.165) is 59.1 Å². The van der Waals surface area contributed by atoms with Crippen LogP contribution >= 0.6 is 0 Å². The Morgan fingerprint density at radius 1 is 0.953 bits per heavy atom. The number of aliphatic hydroxyl groups excluding tert-OH is 1. The molecule has 0 amide bonds. The summed E-state index contributed by atoms with van der Waals surface area (Å²) in [7, 11) is -3.91. The first-order valence-corrected chi connectivity index (χ1v) is 15.9. The summed E-state index contributed by atoms with van der Waals surface area (Å²) in [5, 5.41) is 10.7. The lowest BCUT2D eigenvalue weighted by molar-refractivity contribution is 0.0668. The lowest BCUT2D eigenvalue weighted by Gasteiger charge is -2.29. The quantitative estimate of drug-likeness (QED) is 0.241. The number of hydrogen-bond acceptors (Lipinski definition) is 7. The van der Waals surface area contributed by atoms with Crippen LogP contribution in [0.3, 0.4) is 0 Å². The number of oxazole rings is 1. The maximum atomic E-state index is 13.9. The van der Waals surface area contributed by atoms with Gasteiger partial charge < -0.3 is 9.52 Å². The molecule has 9 heteroatoms. The number of β-amino-alcohol motifs (C(OH)–C–C–N with tert-alkyl or cyclic N) is 1. The van der Waals surface area contributed by atoms with E-state index in [4.69, 9.17) is 9.40 Å². The zero-order valence-electron chi connectivity index (χ0n) is 24.1. The monoisotopic (exact) mass is 592 g/mol. The summed E-state index contributed by atoms with van der Waals surface area (Å²) in [5.41, 5.74) is 7.33. The van der Waals surface area contributed by atoms with Crippen LogP contribution in [0.5, 0.6) is 0 Å². The van der Waals surface area contributed by atoms with Crippen molar-refractivity contribution in [1.29, 1.82) is 0 Å². The Bertz CT molecular complexity index is 2060. The maximum Gasteiger partial charge on any atom is 0.269 e. The molecule has 218 valence electrons. The van der Waals surface area contributed by atoms with E-state index in [2.05, 4.69) is 34.1 Å². The fraction of sp³-hybridized carbons (Fsp3) is 0.235. The minimum Gasteiger partial charge on any atom is -0.441 e. The Balaban J connectivity index is 1.32. The smallest absolute Gasteiger partial charge is 0.269 e. The van der Waals surface area contributed by atoms with Gasteiger partial charge in [0.15, 0.2) is 17.1 Å². The Labute approximate surface area is 250 Å². The molecule has 1 N–H and O–H groups in total. The molecular formula is C34H32N4O4S. The number of fused-ring (bicyclic) bond motifs is 2. The highest BCUT2D eigenvalue weighted by Crippen LogP contribution is 2.36. The summed E-state index contributed by atoms with van der Waals surface area (Å²) in [6.45, 7) is 6.21. The van der Waals surface area contributed by atoms with E-state index >= 15 is 0 Å². The second-order valence-corrected chi connectivity index (χ2v) is 13.2. The molecule has 43 heavy (non-hydrogen) atoms. The van der Waals surface area contributed by atoms with Gasteiger partial charge in [-0.05, 0) is 73.3 Å². The van der Waals surface area contributed by atoms with Gasteiger partial charge in [-0.15, -0.1) is 0 Å². The van der Waals surface area contributed by atoms with Crippen molar-refractivity contribution in [3.63, 3.8) is 0 Å². The molecule has 0 radical (unpaired) electrons. The minimum absolute atomic E-state index is 0.201. The second-order valence-electron chi connectivity index (χ2n) is 11.4. The van der Waals surface area contributed by atoms with Crippen LogP contribution in [0.2, 0.25) is 0 Å². The van der Waals surface area contributed by atoms with E-state index in [9.17, 15) is 13.5 Å². The first kappa shape index (κ1) is 27.5. The number of rotatable bonds is 6. The van der Waals surface area contributed by atoms with Crippen LogP contribution in [0.4, 0.5) is 0 Å². The first-order valence-electron chi connectivity index (χ1n) is 14.5. The SMILES string of the molecule is Cc1ccc(S(=O)(=O)n2cc(-c3ccc4oc(C)nc4c3)c3cc(-c4ccc(CN5CCCC(O)C5)cc4)cnc32)cc1. The Hall–Kier alpha value is -4.31. The molecule has 1 saturated heterocycles. The standard InChI is InChI=1S/C34H32N4O4S/c1-22-5-12-29(13-6-22)43(40,41)38-21-31(26-11-14-33-32(17-26)36-23(2)42-33)30-16-27(18-35-34(30)38)25-9-7-24(8-10-25)19-37-15-3-4-28(39)20-37/h5-14,16-18,21,28,39H,3-4,15,19-20H2,1-2H3. The number of aryl methyl sites for hydroxylation is 2. The van der Waals surface area contributed by atoms with Crippen molar-refractivity contribution in [3.8, 4) is 22.3 Å². The minimum atomic E-state index is -3.91. The molecule has 8 nitrogen and oxygen atoms in total. The van der Waals surface area contributed by atoms with Gasteiger partial charge in [0, 0.05) is 48.9 Å². The van der Waals surface area contributed by atoms with E-state index < -0.39 is 10.0 Å². The van der Waals surface area contributed by atoms with Gasteiger partial charge in [0.2, 0.25) is 0 Å². The number of piperidine rings is 1. The van der Waals surface area contributed by atoms with Gasteiger partial charge in [-0.3, -0.25) is 4.90 Å². The van der Waals surface area contributed by atoms with Gasteiger partial charge in [-0.25, -0.2) is 22.4 Å². The lowest BCUT2D eigenvalue weighted by Crippen LogP contribution is -2.37. The summed E-state index contributed by atoms with van der Waals surface area (Å²) in [4.78, 5) is 11.7. The number of nitrogens with zero attached hydrogens (tertiary/aromatic N) is 4. The zero-order valence-corrected chi connectivity index (χ0v) is 24.9. The highest BCUT2D eigenvalue weighted by Gasteiger charge is 2.24. The summed E-state index contributed by atoms with van der Waals surface area (Å²) in [6.07, 6.45) is 5.01. The summed E-state index contributed by atoms with van der Waals surface area (Å²) >= 11 is 0. The number of aromatic nitrogens is 3.